The van der Waals surface area contributed by atoms with E-state index in [4.69, 9.17) is 0 Å². The first kappa shape index (κ1) is 11.2. The van der Waals surface area contributed by atoms with Crippen molar-refractivity contribution in [1.82, 2.24) is 5.32 Å². The fraction of sp³-hybridized carbons (Fsp3) is 0.812. The number of ketones is 1. The molecule has 2 heteroatoms. The molecule has 4 atom stereocenters. The zero-order chi connectivity index (χ0) is 12.1. The molecule has 1 aliphatic heterocycles. The van der Waals surface area contributed by atoms with Crippen molar-refractivity contribution in [3.8, 4) is 0 Å². The number of fused-ring (bicyclic) bond motifs is 5. The minimum atomic E-state index is 0.512. The molecule has 1 N–H and O–H groups in total. The molecule has 0 amide bonds. The first-order valence-corrected chi connectivity index (χ1v) is 7.86. The van der Waals surface area contributed by atoms with Gasteiger partial charge in [-0.1, -0.05) is 18.4 Å². The SMILES string of the molecule is O=C1CCCC2=C1[C@@H]1CCCCC1[C@H]1NCCC21. The molecule has 1 saturated heterocycles. The number of rotatable bonds is 0. The molecule has 2 unspecified atom stereocenters. The van der Waals surface area contributed by atoms with E-state index < -0.39 is 0 Å². The zero-order valence-electron chi connectivity index (χ0n) is 11.1. The summed E-state index contributed by atoms with van der Waals surface area (Å²) in [4.78, 5) is 12.4. The Bertz CT molecular complexity index is 411. The average molecular weight is 245 g/mol. The van der Waals surface area contributed by atoms with Crippen LogP contribution in [0.4, 0.5) is 0 Å². The van der Waals surface area contributed by atoms with E-state index in [-0.39, 0.29) is 0 Å². The standard InChI is InChI=1S/C16H23NO/c18-14-7-3-6-11-13-8-9-17-16(13)12-5-2-1-4-10(12)15(11)14/h10,12-13,16-17H,1-9H2/t10-,12?,13?,16-/m1/s1. The van der Waals surface area contributed by atoms with Gasteiger partial charge in [0.05, 0.1) is 0 Å². The normalized spacial score (nSPS) is 43.4. The molecule has 0 radical (unpaired) electrons. The number of hydrogen-bond donors (Lipinski definition) is 1. The minimum absolute atomic E-state index is 0.512. The maximum absolute atomic E-state index is 12.4. The molecular weight excluding hydrogens is 222 g/mol. The summed E-state index contributed by atoms with van der Waals surface area (Å²) in [7, 11) is 0. The Hall–Kier alpha value is -0.630. The molecule has 0 aromatic carbocycles. The van der Waals surface area contributed by atoms with Crippen molar-refractivity contribution in [2.75, 3.05) is 6.54 Å². The maximum atomic E-state index is 12.4. The molecule has 2 nitrogen and oxygen atoms in total. The van der Waals surface area contributed by atoms with Gasteiger partial charge in [-0.15, -0.1) is 0 Å². The molecule has 4 aliphatic rings. The molecule has 4 rings (SSSR count). The Kier molecular flexibility index (Phi) is 2.61. The zero-order valence-corrected chi connectivity index (χ0v) is 11.1. The van der Waals surface area contributed by atoms with Crippen LogP contribution in [0.1, 0.15) is 51.4 Å². The van der Waals surface area contributed by atoms with Gasteiger partial charge in [0.15, 0.2) is 5.78 Å². The molecule has 18 heavy (non-hydrogen) atoms. The lowest BCUT2D eigenvalue weighted by atomic mass is 9.59. The summed E-state index contributed by atoms with van der Waals surface area (Å²) in [6, 6.07) is 0.708. The topological polar surface area (TPSA) is 29.1 Å². The number of hydrogen-bond acceptors (Lipinski definition) is 2. The molecule has 0 bridgehead atoms. The lowest BCUT2D eigenvalue weighted by Gasteiger charge is -2.46. The van der Waals surface area contributed by atoms with Crippen molar-refractivity contribution in [3.63, 3.8) is 0 Å². The highest BCUT2D eigenvalue weighted by Crippen LogP contribution is 2.51. The predicted octanol–water partition coefficient (Wildman–Crippen LogP) is 2.83. The van der Waals surface area contributed by atoms with Crippen molar-refractivity contribution >= 4 is 5.78 Å². The average Bonchev–Trinajstić information content (AvgIpc) is 2.88. The smallest absolute Gasteiger partial charge is 0.159 e. The van der Waals surface area contributed by atoms with E-state index in [1.807, 2.05) is 0 Å². The summed E-state index contributed by atoms with van der Waals surface area (Å²) in [5, 5.41) is 3.76. The van der Waals surface area contributed by atoms with Crippen LogP contribution in [-0.2, 0) is 4.79 Å². The lowest BCUT2D eigenvalue weighted by Crippen LogP contribution is -2.47. The molecule has 0 aromatic heterocycles. The molecule has 2 fully saturated rings. The van der Waals surface area contributed by atoms with Crippen molar-refractivity contribution < 1.29 is 4.79 Å². The van der Waals surface area contributed by atoms with Gasteiger partial charge in [0.25, 0.3) is 0 Å². The summed E-state index contributed by atoms with van der Waals surface area (Å²) in [6.07, 6.45) is 9.77. The van der Waals surface area contributed by atoms with Gasteiger partial charge < -0.3 is 5.32 Å². The number of carbonyl (C=O) groups is 1. The van der Waals surface area contributed by atoms with Crippen LogP contribution in [0.3, 0.4) is 0 Å². The number of carbonyl (C=O) groups excluding carboxylic acids is 1. The Morgan fingerprint density at radius 1 is 0.944 bits per heavy atom. The summed E-state index contributed by atoms with van der Waals surface area (Å²) in [5.74, 6) is 2.61. The third kappa shape index (κ3) is 1.48. The number of allylic oxidation sites excluding steroid dienone is 1. The fourth-order valence-corrected chi connectivity index (χ4v) is 5.23. The van der Waals surface area contributed by atoms with Gasteiger partial charge >= 0.3 is 0 Å². The van der Waals surface area contributed by atoms with Gasteiger partial charge in [0.1, 0.15) is 0 Å². The fourth-order valence-electron chi connectivity index (χ4n) is 5.23. The molecule has 0 spiro atoms. The van der Waals surface area contributed by atoms with Gasteiger partial charge in [-0.25, -0.2) is 0 Å². The van der Waals surface area contributed by atoms with E-state index in [2.05, 4.69) is 5.32 Å². The first-order valence-electron chi connectivity index (χ1n) is 7.86. The van der Waals surface area contributed by atoms with Crippen LogP contribution < -0.4 is 5.32 Å². The third-order valence-corrected chi connectivity index (χ3v) is 5.86. The van der Waals surface area contributed by atoms with E-state index in [0.29, 0.717) is 23.7 Å². The van der Waals surface area contributed by atoms with E-state index in [1.54, 1.807) is 5.57 Å². The largest absolute Gasteiger partial charge is 0.313 e. The first-order chi connectivity index (χ1) is 8.86. The van der Waals surface area contributed by atoms with Crippen molar-refractivity contribution in [2.24, 2.45) is 17.8 Å². The highest BCUT2D eigenvalue weighted by molar-refractivity contribution is 5.97. The van der Waals surface area contributed by atoms with Crippen LogP contribution in [-0.4, -0.2) is 18.4 Å². The molecule has 0 aromatic rings. The predicted molar refractivity (Wildman–Crippen MR) is 71.2 cm³/mol. The summed E-state index contributed by atoms with van der Waals surface area (Å²) >= 11 is 0. The van der Waals surface area contributed by atoms with Crippen molar-refractivity contribution in [2.45, 2.75) is 57.4 Å². The Morgan fingerprint density at radius 2 is 1.83 bits per heavy atom. The number of Topliss-reactive ketones (excluding diaryl/α,β-unsaturated/α-hetero) is 1. The van der Waals surface area contributed by atoms with E-state index in [9.17, 15) is 4.79 Å². The van der Waals surface area contributed by atoms with Crippen LogP contribution in [0.5, 0.6) is 0 Å². The molecular formula is C16H23NO. The monoisotopic (exact) mass is 245 g/mol. The van der Waals surface area contributed by atoms with Gasteiger partial charge in [-0.2, -0.15) is 0 Å². The van der Waals surface area contributed by atoms with Crippen LogP contribution >= 0.6 is 0 Å². The highest BCUT2D eigenvalue weighted by Gasteiger charge is 2.48. The van der Waals surface area contributed by atoms with Gasteiger partial charge in [0, 0.05) is 12.5 Å². The quantitative estimate of drug-likeness (QED) is 0.711. The van der Waals surface area contributed by atoms with Crippen LogP contribution in [0, 0.1) is 17.8 Å². The second-order valence-electron chi connectivity index (χ2n) is 6.65. The molecule has 3 aliphatic carbocycles. The molecule has 1 saturated carbocycles. The van der Waals surface area contributed by atoms with E-state index in [1.165, 1.54) is 50.6 Å². The third-order valence-electron chi connectivity index (χ3n) is 5.86. The van der Waals surface area contributed by atoms with Crippen molar-refractivity contribution in [3.05, 3.63) is 11.1 Å². The Balaban J connectivity index is 1.81. The summed E-state index contributed by atoms with van der Waals surface area (Å²) in [5.41, 5.74) is 2.92. The minimum Gasteiger partial charge on any atom is -0.313 e. The number of nitrogens with one attached hydrogen (secondary N) is 1. The van der Waals surface area contributed by atoms with Crippen LogP contribution in [0.15, 0.2) is 11.1 Å². The van der Waals surface area contributed by atoms with Crippen LogP contribution in [0.25, 0.3) is 0 Å². The van der Waals surface area contributed by atoms with Gasteiger partial charge in [0.2, 0.25) is 0 Å². The second-order valence-corrected chi connectivity index (χ2v) is 6.65. The summed E-state index contributed by atoms with van der Waals surface area (Å²) in [6.45, 7) is 1.17. The second kappa shape index (κ2) is 4.19. The van der Waals surface area contributed by atoms with Gasteiger partial charge in [-0.3, -0.25) is 4.79 Å². The maximum Gasteiger partial charge on any atom is 0.159 e. The Labute approximate surface area is 109 Å². The summed E-state index contributed by atoms with van der Waals surface area (Å²) < 4.78 is 0. The van der Waals surface area contributed by atoms with Crippen LogP contribution in [0.2, 0.25) is 0 Å². The lowest BCUT2D eigenvalue weighted by molar-refractivity contribution is -0.117. The molecule has 98 valence electrons. The highest BCUT2D eigenvalue weighted by atomic mass is 16.1. The van der Waals surface area contributed by atoms with E-state index >= 15 is 0 Å². The molecule has 1 heterocycles. The Morgan fingerprint density at radius 3 is 2.78 bits per heavy atom. The van der Waals surface area contributed by atoms with Gasteiger partial charge in [-0.05, 0) is 62.0 Å². The van der Waals surface area contributed by atoms with E-state index in [0.717, 1.165) is 18.8 Å². The van der Waals surface area contributed by atoms with Crippen molar-refractivity contribution in [1.29, 1.82) is 0 Å².